The number of nitrogens with one attached hydrogen (secondary N) is 1. The quantitative estimate of drug-likeness (QED) is 0.832. The first-order chi connectivity index (χ1) is 11.9. The molecule has 1 aliphatic rings. The van der Waals surface area contributed by atoms with E-state index in [-0.39, 0.29) is 5.69 Å². The van der Waals surface area contributed by atoms with Crippen LogP contribution in [-0.2, 0) is 17.6 Å². The number of hydrogen-bond acceptors (Lipinski definition) is 3. The topological polar surface area (TPSA) is 84.2 Å². The molecule has 8 heteroatoms. The van der Waals surface area contributed by atoms with Crippen LogP contribution < -0.4 is 5.32 Å². The van der Waals surface area contributed by atoms with Crippen LogP contribution in [0, 0.1) is 0 Å². The molecular weight excluding hydrogens is 365 g/mol. The van der Waals surface area contributed by atoms with Crippen molar-refractivity contribution in [3.8, 4) is 5.69 Å². The fourth-order valence-corrected chi connectivity index (χ4v) is 3.53. The van der Waals surface area contributed by atoms with Gasteiger partial charge in [-0.05, 0) is 43.9 Å². The molecule has 0 spiro atoms. The molecule has 0 aliphatic heterocycles. The number of aromatic nitrogens is 2. The van der Waals surface area contributed by atoms with E-state index in [9.17, 15) is 9.59 Å². The van der Waals surface area contributed by atoms with Crippen LogP contribution in [0.4, 0.5) is 0 Å². The molecule has 1 heterocycles. The van der Waals surface area contributed by atoms with Crippen molar-refractivity contribution in [1.82, 2.24) is 15.1 Å². The summed E-state index contributed by atoms with van der Waals surface area (Å²) >= 11 is 12.2. The zero-order valence-corrected chi connectivity index (χ0v) is 15.1. The molecule has 0 fully saturated rings. The second-order valence-corrected chi connectivity index (χ2v) is 6.75. The van der Waals surface area contributed by atoms with Crippen LogP contribution in [-0.4, -0.2) is 32.8 Å². The van der Waals surface area contributed by atoms with E-state index in [1.165, 1.54) is 0 Å². The molecule has 1 aromatic carbocycles. The molecule has 0 radical (unpaired) electrons. The SMILES string of the molecule is CCC(NC(=O)c1nn(-c2ccc(Cl)cc2Cl)c2c1CCC2)C(=O)O. The van der Waals surface area contributed by atoms with E-state index in [1.807, 2.05) is 0 Å². The molecule has 1 amide bonds. The Hall–Kier alpha value is -2.05. The minimum atomic E-state index is -1.06. The van der Waals surface area contributed by atoms with Gasteiger partial charge in [-0.2, -0.15) is 5.10 Å². The first kappa shape index (κ1) is 17.8. The molecule has 132 valence electrons. The molecule has 1 unspecified atom stereocenters. The third-order valence-corrected chi connectivity index (χ3v) is 4.83. The van der Waals surface area contributed by atoms with Crippen LogP contribution >= 0.6 is 23.2 Å². The maximum atomic E-state index is 12.6. The number of carbonyl (C=O) groups excluding carboxylic acids is 1. The standard InChI is InChI=1S/C17H17Cl2N3O3/c1-2-12(17(24)25)20-16(23)15-10-4-3-5-13(10)22(21-15)14-7-6-9(18)8-11(14)19/h6-8,12H,2-5H2,1H3,(H,20,23)(H,24,25). The molecule has 0 bridgehead atoms. The summed E-state index contributed by atoms with van der Waals surface area (Å²) < 4.78 is 1.66. The van der Waals surface area contributed by atoms with Crippen molar-refractivity contribution in [3.05, 3.63) is 45.2 Å². The van der Waals surface area contributed by atoms with E-state index in [4.69, 9.17) is 28.3 Å². The van der Waals surface area contributed by atoms with Crippen molar-refractivity contribution in [2.45, 2.75) is 38.6 Å². The van der Waals surface area contributed by atoms with Gasteiger partial charge in [-0.3, -0.25) is 4.79 Å². The van der Waals surface area contributed by atoms with Gasteiger partial charge in [-0.1, -0.05) is 30.1 Å². The summed E-state index contributed by atoms with van der Waals surface area (Å²) in [5, 5.41) is 17.0. The summed E-state index contributed by atoms with van der Waals surface area (Å²) in [6.45, 7) is 1.70. The van der Waals surface area contributed by atoms with Crippen LogP contribution in [0.5, 0.6) is 0 Å². The van der Waals surface area contributed by atoms with Gasteiger partial charge in [-0.15, -0.1) is 0 Å². The van der Waals surface area contributed by atoms with Gasteiger partial charge in [0.05, 0.1) is 10.7 Å². The molecule has 0 saturated carbocycles. The first-order valence-electron chi connectivity index (χ1n) is 8.02. The molecule has 1 aromatic heterocycles. The van der Waals surface area contributed by atoms with E-state index < -0.39 is 17.9 Å². The van der Waals surface area contributed by atoms with Gasteiger partial charge in [0, 0.05) is 16.3 Å². The average Bonchev–Trinajstić information content (AvgIpc) is 3.15. The van der Waals surface area contributed by atoms with Gasteiger partial charge >= 0.3 is 5.97 Å². The highest BCUT2D eigenvalue weighted by atomic mass is 35.5. The number of nitrogens with zero attached hydrogens (tertiary/aromatic N) is 2. The number of carbonyl (C=O) groups is 2. The minimum absolute atomic E-state index is 0.262. The largest absolute Gasteiger partial charge is 0.480 e. The maximum Gasteiger partial charge on any atom is 0.326 e. The summed E-state index contributed by atoms with van der Waals surface area (Å²) in [5.74, 6) is -1.54. The molecule has 2 aromatic rings. The normalized spacial score (nSPS) is 14.2. The highest BCUT2D eigenvalue weighted by Crippen LogP contribution is 2.31. The molecule has 2 N–H and O–H groups in total. The Kier molecular flexibility index (Phi) is 5.01. The second-order valence-electron chi connectivity index (χ2n) is 5.91. The van der Waals surface area contributed by atoms with Crippen LogP contribution in [0.15, 0.2) is 18.2 Å². The molecule has 3 rings (SSSR count). The summed E-state index contributed by atoms with van der Waals surface area (Å²) in [6.07, 6.45) is 2.72. The summed E-state index contributed by atoms with van der Waals surface area (Å²) in [6, 6.07) is 4.15. The molecule has 0 saturated heterocycles. The molecule has 25 heavy (non-hydrogen) atoms. The van der Waals surface area contributed by atoms with Crippen molar-refractivity contribution in [2.24, 2.45) is 0 Å². The fraction of sp³-hybridized carbons (Fsp3) is 0.353. The van der Waals surface area contributed by atoms with Crippen molar-refractivity contribution >= 4 is 35.1 Å². The molecule has 1 aliphatic carbocycles. The Balaban J connectivity index is 2.00. The lowest BCUT2D eigenvalue weighted by Crippen LogP contribution is -2.40. The molecular formula is C17H17Cl2N3O3. The summed E-state index contributed by atoms with van der Waals surface area (Å²) in [5.41, 5.74) is 2.69. The smallest absolute Gasteiger partial charge is 0.326 e. The number of amides is 1. The second kappa shape index (κ2) is 7.06. The van der Waals surface area contributed by atoms with Gasteiger partial charge < -0.3 is 10.4 Å². The molecule has 6 nitrogen and oxygen atoms in total. The fourth-order valence-electron chi connectivity index (χ4n) is 3.04. The van der Waals surface area contributed by atoms with E-state index in [0.717, 1.165) is 30.5 Å². The number of aliphatic carboxylic acids is 1. The third-order valence-electron chi connectivity index (χ3n) is 4.29. The number of benzene rings is 1. The Morgan fingerprint density at radius 1 is 1.36 bits per heavy atom. The predicted octanol–water partition coefficient (Wildman–Crippen LogP) is 3.26. The van der Waals surface area contributed by atoms with E-state index in [1.54, 1.807) is 29.8 Å². The van der Waals surface area contributed by atoms with Crippen molar-refractivity contribution in [2.75, 3.05) is 0 Å². The zero-order valence-electron chi connectivity index (χ0n) is 13.6. The Labute approximate surface area is 154 Å². The van der Waals surface area contributed by atoms with Gasteiger partial charge in [0.25, 0.3) is 5.91 Å². The van der Waals surface area contributed by atoms with Crippen molar-refractivity contribution < 1.29 is 14.7 Å². The van der Waals surface area contributed by atoms with E-state index >= 15 is 0 Å². The van der Waals surface area contributed by atoms with Crippen LogP contribution in [0.3, 0.4) is 0 Å². The number of carboxylic acid groups (broad SMARTS) is 1. The average molecular weight is 382 g/mol. The third kappa shape index (κ3) is 3.37. The Morgan fingerprint density at radius 3 is 2.76 bits per heavy atom. The van der Waals surface area contributed by atoms with Crippen LogP contribution in [0.2, 0.25) is 10.0 Å². The predicted molar refractivity (Wildman–Crippen MR) is 94.8 cm³/mol. The van der Waals surface area contributed by atoms with Crippen molar-refractivity contribution in [3.63, 3.8) is 0 Å². The van der Waals surface area contributed by atoms with E-state index in [2.05, 4.69) is 10.4 Å². The van der Waals surface area contributed by atoms with Gasteiger partial charge in [-0.25, -0.2) is 9.48 Å². The number of hydrogen-bond donors (Lipinski definition) is 2. The van der Waals surface area contributed by atoms with Crippen molar-refractivity contribution in [1.29, 1.82) is 0 Å². The Bertz CT molecular complexity index is 848. The number of carboxylic acids is 1. The minimum Gasteiger partial charge on any atom is -0.480 e. The highest BCUT2D eigenvalue weighted by molar-refractivity contribution is 6.35. The maximum absolute atomic E-state index is 12.6. The highest BCUT2D eigenvalue weighted by Gasteiger charge is 2.29. The number of fused-ring (bicyclic) bond motifs is 1. The summed E-state index contributed by atoms with van der Waals surface area (Å²) in [7, 11) is 0. The lowest BCUT2D eigenvalue weighted by molar-refractivity contribution is -0.139. The van der Waals surface area contributed by atoms with Crippen LogP contribution in [0.25, 0.3) is 5.69 Å². The van der Waals surface area contributed by atoms with Gasteiger partial charge in [0.1, 0.15) is 6.04 Å². The van der Waals surface area contributed by atoms with E-state index in [0.29, 0.717) is 22.2 Å². The van der Waals surface area contributed by atoms with Gasteiger partial charge in [0.15, 0.2) is 5.69 Å². The lowest BCUT2D eigenvalue weighted by Gasteiger charge is -2.11. The number of halogens is 2. The monoisotopic (exact) mass is 381 g/mol. The lowest BCUT2D eigenvalue weighted by atomic mass is 10.1. The zero-order chi connectivity index (χ0) is 18.1. The van der Waals surface area contributed by atoms with Gasteiger partial charge in [0.2, 0.25) is 0 Å². The first-order valence-corrected chi connectivity index (χ1v) is 8.77. The van der Waals surface area contributed by atoms with Crippen LogP contribution in [0.1, 0.15) is 41.5 Å². The molecule has 1 atom stereocenters. The summed E-state index contributed by atoms with van der Waals surface area (Å²) in [4.78, 5) is 23.7. The Morgan fingerprint density at radius 2 is 2.12 bits per heavy atom. The number of rotatable bonds is 5.